The fourth-order valence-electron chi connectivity index (χ4n) is 3.10. The number of benzene rings is 1. The number of carbonyl (C=O) groups is 2. The number of rotatable bonds is 14. The third-order valence-corrected chi connectivity index (χ3v) is 6.09. The predicted octanol–water partition coefficient (Wildman–Crippen LogP) is 5.50. The molecule has 1 N–H and O–H groups in total. The Morgan fingerprint density at radius 3 is 2.65 bits per heavy atom. The molecule has 1 aliphatic heterocycles. The molecule has 2 rings (SSSR count). The zero-order chi connectivity index (χ0) is 22.6. The molecule has 0 spiro atoms. The molecule has 8 heteroatoms. The molecule has 1 heterocycles. The summed E-state index contributed by atoms with van der Waals surface area (Å²) in [5, 5.41) is 8.70. The summed E-state index contributed by atoms with van der Waals surface area (Å²) in [6.45, 7) is 5.77. The Kier molecular flexibility index (Phi) is 10.9. The van der Waals surface area contributed by atoms with Crippen LogP contribution in [0.4, 0.5) is 0 Å². The molecule has 0 saturated carbocycles. The molecule has 31 heavy (non-hydrogen) atoms. The maximum Gasteiger partial charge on any atom is 0.303 e. The summed E-state index contributed by atoms with van der Waals surface area (Å²) in [6, 6.07) is 5.68. The van der Waals surface area contributed by atoms with E-state index in [1.807, 2.05) is 31.2 Å². The number of carbonyl (C=O) groups excluding carboxylic acids is 1. The first-order valence-electron chi connectivity index (χ1n) is 10.8. The maximum absolute atomic E-state index is 12.8. The molecular weight excluding hydrogens is 434 g/mol. The monoisotopic (exact) mass is 465 g/mol. The van der Waals surface area contributed by atoms with E-state index >= 15 is 0 Å². The summed E-state index contributed by atoms with van der Waals surface area (Å²) < 4.78 is 12.1. The first-order chi connectivity index (χ1) is 15.0. The van der Waals surface area contributed by atoms with Gasteiger partial charge in [-0.25, -0.2) is 0 Å². The summed E-state index contributed by atoms with van der Waals surface area (Å²) in [7, 11) is 0. The second kappa shape index (κ2) is 13.4. The number of nitrogens with zero attached hydrogens (tertiary/aromatic N) is 1. The van der Waals surface area contributed by atoms with Crippen molar-refractivity contribution in [1.29, 1.82) is 0 Å². The molecular formula is C23H31NO5S2. The lowest BCUT2D eigenvalue weighted by Gasteiger charge is -2.14. The van der Waals surface area contributed by atoms with Crippen LogP contribution in [0.2, 0.25) is 0 Å². The number of carboxylic acid groups (broad SMARTS) is 1. The zero-order valence-electron chi connectivity index (χ0n) is 18.2. The maximum atomic E-state index is 12.8. The summed E-state index contributed by atoms with van der Waals surface area (Å²) in [6.07, 6.45) is 7.33. The number of hydrogen-bond donors (Lipinski definition) is 1. The quantitative estimate of drug-likeness (QED) is 0.221. The highest BCUT2D eigenvalue weighted by Gasteiger charge is 2.31. The molecule has 0 radical (unpaired) electrons. The van der Waals surface area contributed by atoms with E-state index < -0.39 is 5.97 Å². The minimum absolute atomic E-state index is 0.105. The Morgan fingerprint density at radius 2 is 1.94 bits per heavy atom. The zero-order valence-corrected chi connectivity index (χ0v) is 19.9. The fourth-order valence-corrected chi connectivity index (χ4v) is 4.41. The van der Waals surface area contributed by atoms with E-state index in [2.05, 4.69) is 6.92 Å². The van der Waals surface area contributed by atoms with E-state index in [0.29, 0.717) is 46.9 Å². The summed E-state index contributed by atoms with van der Waals surface area (Å²) in [5.41, 5.74) is 0.853. The van der Waals surface area contributed by atoms with Gasteiger partial charge >= 0.3 is 5.97 Å². The number of carboxylic acids is 1. The van der Waals surface area contributed by atoms with Crippen LogP contribution in [-0.2, 0) is 9.59 Å². The predicted molar refractivity (Wildman–Crippen MR) is 129 cm³/mol. The van der Waals surface area contributed by atoms with Gasteiger partial charge in [-0.3, -0.25) is 14.5 Å². The van der Waals surface area contributed by atoms with Crippen molar-refractivity contribution in [2.75, 3.05) is 19.8 Å². The molecule has 1 aromatic rings. The molecule has 0 bridgehead atoms. The van der Waals surface area contributed by atoms with Gasteiger partial charge in [0.15, 0.2) is 11.5 Å². The Hall–Kier alpha value is -2.06. The average molecular weight is 466 g/mol. The number of hydrogen-bond acceptors (Lipinski definition) is 6. The van der Waals surface area contributed by atoms with Crippen LogP contribution in [0, 0.1) is 0 Å². The Bertz CT molecular complexity index is 809. The molecule has 1 aliphatic rings. The van der Waals surface area contributed by atoms with Crippen molar-refractivity contribution in [1.82, 2.24) is 4.90 Å². The normalized spacial score (nSPS) is 15.0. The minimum Gasteiger partial charge on any atom is -0.490 e. The standard InChI is InChI=1S/C23H31NO5S2/c1-3-5-9-14-29-18-12-11-17(15-19(18)28-4-2)16-20-22(27)24(23(30)31-20)13-8-6-7-10-21(25)26/h11-12,15-16H,3-10,13-14H2,1-2H3,(H,25,26)/b20-16-. The lowest BCUT2D eigenvalue weighted by molar-refractivity contribution is -0.137. The van der Waals surface area contributed by atoms with E-state index in [1.54, 1.807) is 4.90 Å². The lowest BCUT2D eigenvalue weighted by Crippen LogP contribution is -2.29. The van der Waals surface area contributed by atoms with Crippen molar-refractivity contribution < 1.29 is 24.2 Å². The van der Waals surface area contributed by atoms with Gasteiger partial charge in [0, 0.05) is 13.0 Å². The number of ether oxygens (including phenoxy) is 2. The highest BCUT2D eigenvalue weighted by Crippen LogP contribution is 2.35. The molecule has 0 aliphatic carbocycles. The highest BCUT2D eigenvalue weighted by atomic mass is 32.2. The second-order valence-corrected chi connectivity index (χ2v) is 8.91. The van der Waals surface area contributed by atoms with Crippen LogP contribution in [0.25, 0.3) is 6.08 Å². The van der Waals surface area contributed by atoms with Gasteiger partial charge in [0.05, 0.1) is 18.1 Å². The van der Waals surface area contributed by atoms with Gasteiger partial charge in [0.1, 0.15) is 4.32 Å². The molecule has 0 unspecified atom stereocenters. The number of thiocarbonyl (C=S) groups is 1. The van der Waals surface area contributed by atoms with E-state index in [0.717, 1.165) is 37.7 Å². The lowest BCUT2D eigenvalue weighted by atomic mass is 10.1. The van der Waals surface area contributed by atoms with Gasteiger partial charge < -0.3 is 14.6 Å². The van der Waals surface area contributed by atoms with Gasteiger partial charge in [-0.1, -0.05) is 56.2 Å². The molecule has 170 valence electrons. The third-order valence-electron chi connectivity index (χ3n) is 4.72. The first kappa shape index (κ1) is 25.2. The Balaban J connectivity index is 2.01. The van der Waals surface area contributed by atoms with Crippen molar-refractivity contribution in [3.63, 3.8) is 0 Å². The van der Waals surface area contributed by atoms with E-state index in [1.165, 1.54) is 11.8 Å². The highest BCUT2D eigenvalue weighted by molar-refractivity contribution is 8.26. The summed E-state index contributed by atoms with van der Waals surface area (Å²) >= 11 is 6.67. The summed E-state index contributed by atoms with van der Waals surface area (Å²) in [4.78, 5) is 25.5. The van der Waals surface area contributed by atoms with E-state index in [4.69, 9.17) is 26.8 Å². The van der Waals surface area contributed by atoms with Crippen molar-refractivity contribution in [2.24, 2.45) is 0 Å². The van der Waals surface area contributed by atoms with Gasteiger partial charge in [-0.2, -0.15) is 0 Å². The van der Waals surface area contributed by atoms with Crippen LogP contribution in [-0.4, -0.2) is 46.0 Å². The topological polar surface area (TPSA) is 76.1 Å². The first-order valence-corrected chi connectivity index (χ1v) is 12.1. The molecule has 1 amide bonds. The molecule has 0 aromatic heterocycles. The van der Waals surface area contributed by atoms with E-state index in [9.17, 15) is 9.59 Å². The van der Waals surface area contributed by atoms with Crippen LogP contribution in [0.3, 0.4) is 0 Å². The molecule has 6 nitrogen and oxygen atoms in total. The van der Waals surface area contributed by atoms with Crippen molar-refractivity contribution in [3.05, 3.63) is 28.7 Å². The van der Waals surface area contributed by atoms with Crippen molar-refractivity contribution in [2.45, 2.75) is 58.8 Å². The van der Waals surface area contributed by atoms with Crippen LogP contribution >= 0.6 is 24.0 Å². The third kappa shape index (κ3) is 8.18. The number of amides is 1. The van der Waals surface area contributed by atoms with Gasteiger partial charge in [0.25, 0.3) is 5.91 Å². The van der Waals surface area contributed by atoms with Crippen LogP contribution < -0.4 is 9.47 Å². The number of unbranched alkanes of at least 4 members (excludes halogenated alkanes) is 4. The Labute approximate surface area is 194 Å². The molecule has 1 saturated heterocycles. The number of thioether (sulfide) groups is 1. The van der Waals surface area contributed by atoms with Crippen LogP contribution in [0.1, 0.15) is 64.4 Å². The fraction of sp³-hybridized carbons (Fsp3) is 0.522. The molecule has 1 aromatic carbocycles. The minimum atomic E-state index is -0.794. The van der Waals surface area contributed by atoms with Crippen LogP contribution in [0.15, 0.2) is 23.1 Å². The van der Waals surface area contributed by atoms with Crippen molar-refractivity contribution in [3.8, 4) is 11.5 Å². The average Bonchev–Trinajstić information content (AvgIpc) is 2.99. The number of aliphatic carboxylic acids is 1. The van der Waals surface area contributed by atoms with Gasteiger partial charge in [0.2, 0.25) is 0 Å². The molecule has 1 fully saturated rings. The van der Waals surface area contributed by atoms with Crippen molar-refractivity contribution >= 4 is 46.3 Å². The SMILES string of the molecule is CCCCCOc1ccc(/C=C2\SC(=S)N(CCCCCC(=O)O)C2=O)cc1OCC. The smallest absolute Gasteiger partial charge is 0.303 e. The molecule has 0 atom stereocenters. The second-order valence-electron chi connectivity index (χ2n) is 7.23. The largest absolute Gasteiger partial charge is 0.490 e. The summed E-state index contributed by atoms with van der Waals surface area (Å²) in [5.74, 6) is 0.481. The van der Waals surface area contributed by atoms with Gasteiger partial charge in [-0.05, 0) is 50.0 Å². The van der Waals surface area contributed by atoms with E-state index in [-0.39, 0.29) is 12.3 Å². The van der Waals surface area contributed by atoms with Crippen LogP contribution in [0.5, 0.6) is 11.5 Å². The Morgan fingerprint density at radius 1 is 1.13 bits per heavy atom. The van der Waals surface area contributed by atoms with Gasteiger partial charge in [-0.15, -0.1) is 0 Å².